The molecule has 0 N–H and O–H groups in total. The van der Waals surface area contributed by atoms with Gasteiger partial charge in [0.05, 0.1) is 24.2 Å². The average Bonchev–Trinajstić information content (AvgIpc) is 3.16. The molecule has 1 saturated heterocycles. The van der Waals surface area contributed by atoms with Crippen LogP contribution in [-0.4, -0.2) is 63.0 Å². The lowest BCUT2D eigenvalue weighted by molar-refractivity contribution is -0.136. The van der Waals surface area contributed by atoms with Crippen molar-refractivity contribution in [1.82, 2.24) is 4.90 Å². The van der Waals surface area contributed by atoms with Crippen LogP contribution in [0.5, 0.6) is 11.5 Å². The van der Waals surface area contributed by atoms with E-state index in [9.17, 15) is 18.0 Å². The molecule has 32 heavy (non-hydrogen) atoms. The number of sulfone groups is 1. The lowest BCUT2D eigenvalue weighted by Crippen LogP contribution is -2.43. The van der Waals surface area contributed by atoms with Crippen LogP contribution in [0.15, 0.2) is 48.5 Å². The highest BCUT2D eigenvalue weighted by molar-refractivity contribution is 7.91. The van der Waals surface area contributed by atoms with Crippen molar-refractivity contribution in [2.75, 3.05) is 31.8 Å². The Kier molecular flexibility index (Phi) is 7.74. The molecule has 1 aliphatic rings. The number of methoxy groups -OCH3 is 1. The van der Waals surface area contributed by atoms with Crippen molar-refractivity contribution in [3.63, 3.8) is 0 Å². The number of carbonyl (C=O) groups is 2. The Labute approximate surface area is 188 Å². The van der Waals surface area contributed by atoms with Crippen molar-refractivity contribution < 1.29 is 32.2 Å². The summed E-state index contributed by atoms with van der Waals surface area (Å²) in [7, 11) is -1.65. The molecule has 1 atom stereocenters. The second-order valence-electron chi connectivity index (χ2n) is 7.45. The number of benzene rings is 2. The highest BCUT2D eigenvalue weighted by Crippen LogP contribution is 2.29. The summed E-state index contributed by atoms with van der Waals surface area (Å²) in [6.45, 7) is 2.00. The summed E-state index contributed by atoms with van der Waals surface area (Å²) in [5.74, 6) is -0.238. The van der Waals surface area contributed by atoms with Crippen molar-refractivity contribution in [3.8, 4) is 11.5 Å². The van der Waals surface area contributed by atoms with Gasteiger partial charge in [-0.25, -0.2) is 13.2 Å². The Bertz CT molecular complexity index is 1050. The molecule has 3 rings (SSSR count). The minimum atomic E-state index is -3.12. The number of ether oxygens (including phenoxy) is 3. The standard InChI is InChI=1S/C23H27NO7S/c1-3-24(19-11-12-32(27,28)16-19)22(25)15-31-23(26)18-9-10-20(21(13-18)29-2)30-14-17-7-5-4-6-8-17/h4-10,13,19H,3,11-12,14-16H2,1-2H3. The zero-order chi connectivity index (χ0) is 23.1. The van der Waals surface area contributed by atoms with Crippen molar-refractivity contribution in [2.24, 2.45) is 0 Å². The number of carbonyl (C=O) groups excluding carboxylic acids is 2. The van der Waals surface area contributed by atoms with Crippen LogP contribution >= 0.6 is 0 Å². The molecule has 1 heterocycles. The second-order valence-corrected chi connectivity index (χ2v) is 9.68. The van der Waals surface area contributed by atoms with E-state index in [0.29, 0.717) is 31.1 Å². The van der Waals surface area contributed by atoms with E-state index in [1.54, 1.807) is 13.0 Å². The third kappa shape index (κ3) is 6.00. The van der Waals surface area contributed by atoms with Crippen molar-refractivity contribution in [1.29, 1.82) is 0 Å². The molecular formula is C23H27NO7S. The van der Waals surface area contributed by atoms with E-state index in [-0.39, 0.29) is 23.1 Å². The van der Waals surface area contributed by atoms with Gasteiger partial charge >= 0.3 is 5.97 Å². The summed E-state index contributed by atoms with van der Waals surface area (Å²) in [5, 5.41) is 0. The number of esters is 1. The SMILES string of the molecule is CCN(C(=O)COC(=O)c1ccc(OCc2ccccc2)c(OC)c1)C1CCS(=O)(=O)C1. The van der Waals surface area contributed by atoms with Gasteiger partial charge in [-0.3, -0.25) is 4.79 Å². The molecule has 9 heteroatoms. The minimum absolute atomic E-state index is 0.0534. The molecule has 0 radical (unpaired) electrons. The van der Waals surface area contributed by atoms with E-state index < -0.39 is 28.3 Å². The molecule has 1 amide bonds. The third-order valence-corrected chi connectivity index (χ3v) is 7.02. The highest BCUT2D eigenvalue weighted by atomic mass is 32.2. The van der Waals surface area contributed by atoms with Crippen LogP contribution < -0.4 is 9.47 Å². The maximum absolute atomic E-state index is 12.5. The summed E-state index contributed by atoms with van der Waals surface area (Å²) < 4.78 is 39.7. The Morgan fingerprint density at radius 1 is 1.09 bits per heavy atom. The molecule has 0 spiro atoms. The Morgan fingerprint density at radius 2 is 1.84 bits per heavy atom. The van der Waals surface area contributed by atoms with Crippen molar-refractivity contribution in [3.05, 3.63) is 59.7 Å². The van der Waals surface area contributed by atoms with E-state index in [2.05, 4.69) is 0 Å². The fourth-order valence-electron chi connectivity index (χ4n) is 3.60. The van der Waals surface area contributed by atoms with Gasteiger partial charge in [0.25, 0.3) is 5.91 Å². The largest absolute Gasteiger partial charge is 0.493 e. The quantitative estimate of drug-likeness (QED) is 0.529. The Hall–Kier alpha value is -3.07. The molecule has 1 unspecified atom stereocenters. The molecule has 0 aliphatic carbocycles. The van der Waals surface area contributed by atoms with Crippen LogP contribution in [0.3, 0.4) is 0 Å². The molecule has 1 fully saturated rings. The summed E-state index contributed by atoms with van der Waals surface area (Å²) in [5.41, 5.74) is 1.21. The molecule has 8 nitrogen and oxygen atoms in total. The third-order valence-electron chi connectivity index (χ3n) is 5.27. The van der Waals surface area contributed by atoms with Gasteiger partial charge < -0.3 is 19.1 Å². The number of amides is 1. The maximum atomic E-state index is 12.5. The molecule has 2 aromatic carbocycles. The summed E-state index contributed by atoms with van der Waals surface area (Å²) >= 11 is 0. The Morgan fingerprint density at radius 3 is 2.47 bits per heavy atom. The van der Waals surface area contributed by atoms with Crippen molar-refractivity contribution in [2.45, 2.75) is 26.0 Å². The summed E-state index contributed by atoms with van der Waals surface area (Å²) in [6, 6.07) is 13.9. The van der Waals surface area contributed by atoms with Crippen LogP contribution in [0.4, 0.5) is 0 Å². The summed E-state index contributed by atoms with van der Waals surface area (Å²) in [6.07, 6.45) is 0.400. The van der Waals surface area contributed by atoms with E-state index in [4.69, 9.17) is 14.2 Å². The fraction of sp³-hybridized carbons (Fsp3) is 0.391. The first-order valence-electron chi connectivity index (χ1n) is 10.3. The van der Waals surface area contributed by atoms with E-state index >= 15 is 0 Å². The zero-order valence-corrected chi connectivity index (χ0v) is 19.0. The van der Waals surface area contributed by atoms with E-state index in [1.807, 2.05) is 30.3 Å². The van der Waals surface area contributed by atoms with Crippen molar-refractivity contribution >= 4 is 21.7 Å². The monoisotopic (exact) mass is 461 g/mol. The van der Waals surface area contributed by atoms with Gasteiger partial charge in [0.1, 0.15) is 6.61 Å². The van der Waals surface area contributed by atoms with Gasteiger partial charge in [0.15, 0.2) is 27.9 Å². The average molecular weight is 462 g/mol. The Balaban J connectivity index is 1.59. The van der Waals surface area contributed by atoms with Gasteiger partial charge in [0, 0.05) is 12.6 Å². The molecule has 0 saturated carbocycles. The normalized spacial score (nSPS) is 16.9. The van der Waals surface area contributed by atoms with Crippen LogP contribution in [0, 0.1) is 0 Å². The predicted molar refractivity (Wildman–Crippen MR) is 118 cm³/mol. The van der Waals surface area contributed by atoms with Gasteiger partial charge in [-0.1, -0.05) is 30.3 Å². The lowest BCUT2D eigenvalue weighted by atomic mass is 10.2. The van der Waals surface area contributed by atoms with Gasteiger partial charge in [-0.2, -0.15) is 0 Å². The van der Waals surface area contributed by atoms with Crippen LogP contribution in [0.2, 0.25) is 0 Å². The molecular weight excluding hydrogens is 434 g/mol. The number of nitrogens with zero attached hydrogens (tertiary/aromatic N) is 1. The van der Waals surface area contributed by atoms with Gasteiger partial charge in [-0.15, -0.1) is 0 Å². The summed E-state index contributed by atoms with van der Waals surface area (Å²) in [4.78, 5) is 26.4. The van der Waals surface area contributed by atoms with Gasteiger partial charge in [-0.05, 0) is 37.1 Å². The van der Waals surface area contributed by atoms with Gasteiger partial charge in [0.2, 0.25) is 0 Å². The molecule has 172 valence electrons. The number of hydrogen-bond donors (Lipinski definition) is 0. The first-order valence-corrected chi connectivity index (χ1v) is 12.2. The predicted octanol–water partition coefficient (Wildman–Crippen LogP) is 2.47. The molecule has 1 aliphatic heterocycles. The lowest BCUT2D eigenvalue weighted by Gasteiger charge is -2.26. The van der Waals surface area contributed by atoms with E-state index in [0.717, 1.165) is 5.56 Å². The first-order chi connectivity index (χ1) is 15.3. The first kappa shape index (κ1) is 23.6. The molecule has 0 bridgehead atoms. The zero-order valence-electron chi connectivity index (χ0n) is 18.2. The molecule has 0 aromatic heterocycles. The fourth-order valence-corrected chi connectivity index (χ4v) is 5.33. The smallest absolute Gasteiger partial charge is 0.338 e. The van der Waals surface area contributed by atoms with Crippen LogP contribution in [-0.2, 0) is 26.0 Å². The number of rotatable bonds is 9. The van der Waals surface area contributed by atoms with Crippen LogP contribution in [0.25, 0.3) is 0 Å². The topological polar surface area (TPSA) is 99.2 Å². The van der Waals surface area contributed by atoms with Crippen LogP contribution in [0.1, 0.15) is 29.3 Å². The maximum Gasteiger partial charge on any atom is 0.338 e. The minimum Gasteiger partial charge on any atom is -0.493 e. The highest BCUT2D eigenvalue weighted by Gasteiger charge is 2.34. The number of hydrogen-bond acceptors (Lipinski definition) is 7. The van der Waals surface area contributed by atoms with E-state index in [1.165, 1.54) is 24.1 Å². The second kappa shape index (κ2) is 10.5. The molecule has 2 aromatic rings. The number of likely N-dealkylation sites (N-methyl/N-ethyl adjacent to an activating group) is 1.